The van der Waals surface area contributed by atoms with Crippen molar-refractivity contribution in [1.82, 2.24) is 5.32 Å². The number of hydrogen-bond donors (Lipinski definition) is 1. The van der Waals surface area contributed by atoms with Gasteiger partial charge in [0.2, 0.25) is 0 Å². The average molecular weight is 171 g/mol. The molecule has 1 rings (SSSR count). The second-order valence-electron chi connectivity index (χ2n) is 3.62. The van der Waals surface area contributed by atoms with E-state index in [1.165, 1.54) is 0 Å². The molecule has 0 aromatic heterocycles. The van der Waals surface area contributed by atoms with Crippen molar-refractivity contribution >= 4 is 5.97 Å². The van der Waals surface area contributed by atoms with Crippen LogP contribution in [0.5, 0.6) is 0 Å². The molecular formula is C9H17NO2. The fraction of sp³-hybridized carbons (Fsp3) is 0.889. The predicted octanol–water partition coefficient (Wildman–Crippen LogP) is 0.939. The maximum absolute atomic E-state index is 11.5. The van der Waals surface area contributed by atoms with Crippen LogP contribution in [0.15, 0.2) is 0 Å². The van der Waals surface area contributed by atoms with Gasteiger partial charge < -0.3 is 10.1 Å². The highest BCUT2D eigenvalue weighted by Gasteiger charge is 2.37. The standard InChI is InChI=1S/C9H17NO2/c1-3-6-12-8(11)9(2)4-5-10-7-9/h10H,3-7H2,1-2H3. The first-order valence-corrected chi connectivity index (χ1v) is 4.57. The largest absolute Gasteiger partial charge is 0.465 e. The van der Waals surface area contributed by atoms with E-state index in [-0.39, 0.29) is 11.4 Å². The minimum absolute atomic E-state index is 0.0469. The molecule has 1 atom stereocenters. The molecule has 0 bridgehead atoms. The molecule has 0 aromatic carbocycles. The first-order valence-electron chi connectivity index (χ1n) is 4.57. The van der Waals surface area contributed by atoms with Crippen LogP contribution in [0, 0.1) is 5.41 Å². The number of esters is 1. The third-order valence-corrected chi connectivity index (χ3v) is 2.30. The molecule has 0 saturated carbocycles. The lowest BCUT2D eigenvalue weighted by Gasteiger charge is -2.19. The molecule has 0 aliphatic carbocycles. The number of hydrogen-bond acceptors (Lipinski definition) is 3. The van der Waals surface area contributed by atoms with E-state index in [0.717, 1.165) is 25.9 Å². The normalized spacial score (nSPS) is 28.8. The maximum atomic E-state index is 11.5. The minimum atomic E-state index is -0.269. The van der Waals surface area contributed by atoms with E-state index in [4.69, 9.17) is 4.74 Å². The predicted molar refractivity (Wildman–Crippen MR) is 46.8 cm³/mol. The van der Waals surface area contributed by atoms with E-state index < -0.39 is 0 Å². The van der Waals surface area contributed by atoms with Gasteiger partial charge in [-0.3, -0.25) is 4.79 Å². The fourth-order valence-electron chi connectivity index (χ4n) is 1.36. The lowest BCUT2D eigenvalue weighted by Crippen LogP contribution is -2.32. The lowest BCUT2D eigenvalue weighted by molar-refractivity contribution is -0.153. The van der Waals surface area contributed by atoms with Gasteiger partial charge in [-0.25, -0.2) is 0 Å². The Morgan fingerprint density at radius 2 is 2.42 bits per heavy atom. The summed E-state index contributed by atoms with van der Waals surface area (Å²) >= 11 is 0. The number of carbonyl (C=O) groups is 1. The fourth-order valence-corrected chi connectivity index (χ4v) is 1.36. The van der Waals surface area contributed by atoms with E-state index in [2.05, 4.69) is 5.32 Å². The molecule has 0 amide bonds. The van der Waals surface area contributed by atoms with Crippen molar-refractivity contribution in [2.45, 2.75) is 26.7 Å². The van der Waals surface area contributed by atoms with E-state index in [0.29, 0.717) is 6.61 Å². The van der Waals surface area contributed by atoms with E-state index in [9.17, 15) is 4.79 Å². The summed E-state index contributed by atoms with van der Waals surface area (Å²) in [6.45, 7) is 6.20. The molecule has 0 spiro atoms. The van der Waals surface area contributed by atoms with Crippen molar-refractivity contribution in [2.24, 2.45) is 5.41 Å². The molecule has 1 N–H and O–H groups in total. The zero-order valence-corrected chi connectivity index (χ0v) is 7.85. The van der Waals surface area contributed by atoms with Crippen LogP contribution in [0.25, 0.3) is 0 Å². The average Bonchev–Trinajstić information content (AvgIpc) is 2.49. The number of nitrogens with one attached hydrogen (secondary N) is 1. The van der Waals surface area contributed by atoms with Gasteiger partial charge in [-0.05, 0) is 26.3 Å². The van der Waals surface area contributed by atoms with Gasteiger partial charge in [0.25, 0.3) is 0 Å². The molecule has 1 unspecified atom stereocenters. The van der Waals surface area contributed by atoms with Crippen molar-refractivity contribution < 1.29 is 9.53 Å². The maximum Gasteiger partial charge on any atom is 0.313 e. The summed E-state index contributed by atoms with van der Waals surface area (Å²) in [5.41, 5.74) is -0.269. The third kappa shape index (κ3) is 1.97. The molecule has 12 heavy (non-hydrogen) atoms. The van der Waals surface area contributed by atoms with Crippen molar-refractivity contribution in [3.05, 3.63) is 0 Å². The molecule has 1 saturated heterocycles. The Balaban J connectivity index is 2.39. The Morgan fingerprint density at radius 3 is 2.92 bits per heavy atom. The second-order valence-corrected chi connectivity index (χ2v) is 3.62. The van der Waals surface area contributed by atoms with E-state index in [1.807, 2.05) is 13.8 Å². The van der Waals surface area contributed by atoms with E-state index in [1.54, 1.807) is 0 Å². The molecule has 1 aliphatic heterocycles. The molecule has 70 valence electrons. The van der Waals surface area contributed by atoms with Crippen LogP contribution >= 0.6 is 0 Å². The smallest absolute Gasteiger partial charge is 0.313 e. The Kier molecular flexibility index (Phi) is 3.09. The monoisotopic (exact) mass is 171 g/mol. The first-order chi connectivity index (χ1) is 5.69. The number of ether oxygens (including phenoxy) is 1. The summed E-state index contributed by atoms with van der Waals surface area (Å²) in [6, 6.07) is 0. The molecule has 1 fully saturated rings. The van der Waals surface area contributed by atoms with Gasteiger partial charge in [0.15, 0.2) is 0 Å². The van der Waals surface area contributed by atoms with Gasteiger partial charge >= 0.3 is 5.97 Å². The molecular weight excluding hydrogens is 154 g/mol. The summed E-state index contributed by atoms with van der Waals surface area (Å²) in [5, 5.41) is 3.17. The van der Waals surface area contributed by atoms with Crippen molar-refractivity contribution in [3.63, 3.8) is 0 Å². The highest BCUT2D eigenvalue weighted by atomic mass is 16.5. The third-order valence-electron chi connectivity index (χ3n) is 2.30. The quantitative estimate of drug-likeness (QED) is 0.642. The Hall–Kier alpha value is -0.570. The first kappa shape index (κ1) is 9.52. The van der Waals surface area contributed by atoms with Gasteiger partial charge in [0, 0.05) is 6.54 Å². The highest BCUT2D eigenvalue weighted by Crippen LogP contribution is 2.25. The number of carbonyl (C=O) groups excluding carboxylic acids is 1. The number of rotatable bonds is 3. The van der Waals surface area contributed by atoms with Crippen LogP contribution in [0.4, 0.5) is 0 Å². The summed E-state index contributed by atoms with van der Waals surface area (Å²) < 4.78 is 5.10. The van der Waals surface area contributed by atoms with Crippen LogP contribution in [0.2, 0.25) is 0 Å². The zero-order valence-electron chi connectivity index (χ0n) is 7.85. The van der Waals surface area contributed by atoms with Gasteiger partial charge in [0.1, 0.15) is 0 Å². The van der Waals surface area contributed by atoms with Gasteiger partial charge in [-0.15, -0.1) is 0 Å². The van der Waals surface area contributed by atoms with Crippen LogP contribution in [0.3, 0.4) is 0 Å². The summed E-state index contributed by atoms with van der Waals surface area (Å²) in [4.78, 5) is 11.5. The Labute approximate surface area is 73.5 Å². The van der Waals surface area contributed by atoms with Crippen LogP contribution in [0.1, 0.15) is 26.7 Å². The molecule has 3 nitrogen and oxygen atoms in total. The highest BCUT2D eigenvalue weighted by molar-refractivity contribution is 5.77. The Morgan fingerprint density at radius 1 is 1.67 bits per heavy atom. The van der Waals surface area contributed by atoms with Crippen molar-refractivity contribution in [2.75, 3.05) is 19.7 Å². The van der Waals surface area contributed by atoms with Gasteiger partial charge in [0.05, 0.1) is 12.0 Å². The topological polar surface area (TPSA) is 38.3 Å². The zero-order chi connectivity index (χ0) is 9.03. The molecule has 1 aliphatic rings. The van der Waals surface area contributed by atoms with Crippen molar-refractivity contribution in [1.29, 1.82) is 0 Å². The van der Waals surface area contributed by atoms with Crippen molar-refractivity contribution in [3.8, 4) is 0 Å². The molecule has 3 heteroatoms. The molecule has 0 aromatic rings. The summed E-state index contributed by atoms with van der Waals surface area (Å²) in [5.74, 6) is -0.0469. The summed E-state index contributed by atoms with van der Waals surface area (Å²) in [6.07, 6.45) is 1.80. The SMILES string of the molecule is CCCOC(=O)C1(C)CCNC1. The Bertz CT molecular complexity index is 162. The summed E-state index contributed by atoms with van der Waals surface area (Å²) in [7, 11) is 0. The van der Waals surface area contributed by atoms with Crippen LogP contribution in [-0.2, 0) is 9.53 Å². The lowest BCUT2D eigenvalue weighted by atomic mass is 9.90. The van der Waals surface area contributed by atoms with Gasteiger partial charge in [-0.2, -0.15) is 0 Å². The second kappa shape index (κ2) is 3.90. The van der Waals surface area contributed by atoms with Gasteiger partial charge in [-0.1, -0.05) is 6.92 Å². The van der Waals surface area contributed by atoms with Crippen LogP contribution in [-0.4, -0.2) is 25.7 Å². The molecule has 0 radical (unpaired) electrons. The molecule has 1 heterocycles. The van der Waals surface area contributed by atoms with Crippen LogP contribution < -0.4 is 5.32 Å². The van der Waals surface area contributed by atoms with E-state index >= 15 is 0 Å². The minimum Gasteiger partial charge on any atom is -0.465 e.